The Morgan fingerprint density at radius 1 is 1.26 bits per heavy atom. The maximum atomic E-state index is 13.8. The first-order valence-electron chi connectivity index (χ1n) is 9.62. The second-order valence-corrected chi connectivity index (χ2v) is 6.71. The van der Waals surface area contributed by atoms with E-state index in [1.165, 1.54) is 19.4 Å². The summed E-state index contributed by atoms with van der Waals surface area (Å²) in [6, 6.07) is 10.0. The molecule has 0 atom stereocenters. The number of benzene rings is 1. The van der Waals surface area contributed by atoms with Gasteiger partial charge in [-0.2, -0.15) is 10.2 Å². The van der Waals surface area contributed by atoms with Gasteiger partial charge in [0.05, 0.1) is 31.2 Å². The first kappa shape index (κ1) is 20.5. The second-order valence-electron chi connectivity index (χ2n) is 6.71. The molecule has 4 rings (SSSR count). The lowest BCUT2D eigenvalue weighted by molar-refractivity contribution is 0.0951. The standard InChI is InChI=1S/C21H20F2N6O2/c1-3-28-9-8-13(27-28)11-24-21(30)15-12-25-29-17(19(22)23)10-16(26-20(15)29)14-6-4-5-7-18(14)31-2/h4-10,12,19H,3,11H2,1-2H3,(H,24,30). The van der Waals surface area contributed by atoms with E-state index in [0.29, 0.717) is 23.6 Å². The van der Waals surface area contributed by atoms with Gasteiger partial charge in [-0.1, -0.05) is 12.1 Å². The molecule has 0 fully saturated rings. The highest BCUT2D eigenvalue weighted by molar-refractivity contribution is 5.99. The Hall–Kier alpha value is -3.82. The fourth-order valence-corrected chi connectivity index (χ4v) is 3.24. The first-order chi connectivity index (χ1) is 15.0. The number of methoxy groups -OCH3 is 1. The van der Waals surface area contributed by atoms with Crippen molar-refractivity contribution in [2.75, 3.05) is 7.11 Å². The minimum Gasteiger partial charge on any atom is -0.496 e. The van der Waals surface area contributed by atoms with Gasteiger partial charge >= 0.3 is 0 Å². The number of rotatable bonds is 7. The smallest absolute Gasteiger partial charge is 0.280 e. The van der Waals surface area contributed by atoms with Gasteiger partial charge in [-0.15, -0.1) is 0 Å². The van der Waals surface area contributed by atoms with Crippen LogP contribution >= 0.6 is 0 Å². The summed E-state index contributed by atoms with van der Waals surface area (Å²) in [5.74, 6) is 0.00235. The molecule has 0 aliphatic heterocycles. The van der Waals surface area contributed by atoms with Crippen LogP contribution in [0.25, 0.3) is 16.9 Å². The zero-order valence-electron chi connectivity index (χ0n) is 16.9. The van der Waals surface area contributed by atoms with Crippen molar-refractivity contribution in [2.45, 2.75) is 26.4 Å². The van der Waals surface area contributed by atoms with Gasteiger partial charge in [-0.25, -0.2) is 18.3 Å². The average molecular weight is 426 g/mol. The number of fused-ring (bicyclic) bond motifs is 1. The number of nitrogens with zero attached hydrogens (tertiary/aromatic N) is 5. The summed E-state index contributed by atoms with van der Waals surface area (Å²) in [7, 11) is 1.49. The predicted molar refractivity (Wildman–Crippen MR) is 109 cm³/mol. The number of amides is 1. The number of alkyl halides is 2. The number of aryl methyl sites for hydroxylation is 1. The van der Waals surface area contributed by atoms with Crippen molar-refractivity contribution in [3.63, 3.8) is 0 Å². The summed E-state index contributed by atoms with van der Waals surface area (Å²) in [4.78, 5) is 17.2. The highest BCUT2D eigenvalue weighted by atomic mass is 19.3. The minimum atomic E-state index is -2.81. The largest absolute Gasteiger partial charge is 0.496 e. The molecule has 1 aromatic carbocycles. The normalized spacial score (nSPS) is 11.3. The van der Waals surface area contributed by atoms with E-state index in [0.717, 1.165) is 4.52 Å². The topological polar surface area (TPSA) is 86.3 Å². The SMILES string of the molecule is CCn1ccc(CNC(=O)c2cnn3c(C(F)F)cc(-c4ccccc4OC)nc23)n1. The third-order valence-corrected chi connectivity index (χ3v) is 4.80. The van der Waals surface area contributed by atoms with Gasteiger partial charge in [0, 0.05) is 18.3 Å². The lowest BCUT2D eigenvalue weighted by atomic mass is 10.1. The number of carbonyl (C=O) groups excluding carboxylic acids is 1. The molecule has 3 heterocycles. The Morgan fingerprint density at radius 2 is 2.06 bits per heavy atom. The molecule has 0 unspecified atom stereocenters. The second kappa shape index (κ2) is 8.50. The molecule has 0 saturated heterocycles. The highest BCUT2D eigenvalue weighted by Gasteiger charge is 2.22. The molecule has 4 aromatic rings. The summed E-state index contributed by atoms with van der Waals surface area (Å²) in [6.45, 7) is 2.87. The van der Waals surface area contributed by atoms with Gasteiger partial charge < -0.3 is 10.1 Å². The maximum Gasteiger partial charge on any atom is 0.280 e. The van der Waals surface area contributed by atoms with E-state index in [1.54, 1.807) is 35.0 Å². The molecule has 3 aromatic heterocycles. The van der Waals surface area contributed by atoms with Crippen LogP contribution in [-0.4, -0.2) is 37.4 Å². The molecule has 0 spiro atoms. The van der Waals surface area contributed by atoms with Crippen LogP contribution in [0.3, 0.4) is 0 Å². The van der Waals surface area contributed by atoms with E-state index >= 15 is 0 Å². The van der Waals surface area contributed by atoms with Gasteiger partial charge in [-0.05, 0) is 31.2 Å². The zero-order chi connectivity index (χ0) is 22.0. The van der Waals surface area contributed by atoms with Crippen LogP contribution in [0.4, 0.5) is 8.78 Å². The van der Waals surface area contributed by atoms with Crippen LogP contribution < -0.4 is 10.1 Å². The molecular weight excluding hydrogens is 406 g/mol. The van der Waals surface area contributed by atoms with E-state index in [4.69, 9.17) is 4.74 Å². The molecule has 0 aliphatic carbocycles. The Kier molecular flexibility index (Phi) is 5.61. The van der Waals surface area contributed by atoms with E-state index in [1.807, 2.05) is 13.1 Å². The van der Waals surface area contributed by atoms with Gasteiger partial charge in [-0.3, -0.25) is 9.48 Å². The fourth-order valence-electron chi connectivity index (χ4n) is 3.24. The van der Waals surface area contributed by atoms with Crippen molar-refractivity contribution in [1.82, 2.24) is 29.7 Å². The van der Waals surface area contributed by atoms with Crippen LogP contribution in [-0.2, 0) is 13.1 Å². The number of ether oxygens (including phenoxy) is 1. The molecule has 8 nitrogen and oxygen atoms in total. The summed E-state index contributed by atoms with van der Waals surface area (Å²) < 4.78 is 35.6. The molecule has 10 heteroatoms. The molecule has 1 N–H and O–H groups in total. The molecular formula is C21H20F2N6O2. The molecule has 0 bridgehead atoms. The van der Waals surface area contributed by atoms with E-state index in [9.17, 15) is 13.6 Å². The number of para-hydroxylation sites is 1. The van der Waals surface area contributed by atoms with Gasteiger partial charge in [0.25, 0.3) is 12.3 Å². The first-order valence-corrected chi connectivity index (χ1v) is 9.62. The summed E-state index contributed by atoms with van der Waals surface area (Å²) >= 11 is 0. The molecule has 31 heavy (non-hydrogen) atoms. The summed E-state index contributed by atoms with van der Waals surface area (Å²) in [5.41, 5.74) is 1.24. The van der Waals surface area contributed by atoms with Crippen molar-refractivity contribution < 1.29 is 18.3 Å². The zero-order valence-corrected chi connectivity index (χ0v) is 16.9. The number of aromatic nitrogens is 5. The van der Waals surface area contributed by atoms with E-state index in [2.05, 4.69) is 20.5 Å². The molecule has 0 saturated carbocycles. The van der Waals surface area contributed by atoms with E-state index in [-0.39, 0.29) is 29.1 Å². The molecule has 0 radical (unpaired) electrons. The lowest BCUT2D eigenvalue weighted by Gasteiger charge is -2.11. The molecule has 160 valence electrons. The summed E-state index contributed by atoms with van der Waals surface area (Å²) in [5, 5.41) is 11.0. The van der Waals surface area contributed by atoms with Crippen molar-refractivity contribution in [2.24, 2.45) is 0 Å². The maximum absolute atomic E-state index is 13.8. The Balaban J connectivity index is 1.72. The Labute approximate surface area is 176 Å². The Morgan fingerprint density at radius 3 is 2.77 bits per heavy atom. The van der Waals surface area contributed by atoms with Crippen LogP contribution in [0, 0.1) is 0 Å². The monoisotopic (exact) mass is 426 g/mol. The number of halogens is 2. The minimum absolute atomic E-state index is 0.0373. The van der Waals surface area contributed by atoms with Crippen LogP contribution in [0.5, 0.6) is 5.75 Å². The van der Waals surface area contributed by atoms with Crippen molar-refractivity contribution >= 4 is 11.6 Å². The highest BCUT2D eigenvalue weighted by Crippen LogP contribution is 2.32. The van der Waals surface area contributed by atoms with Gasteiger partial charge in [0.15, 0.2) is 5.65 Å². The predicted octanol–water partition coefficient (Wildman–Crippen LogP) is 3.49. The van der Waals surface area contributed by atoms with Crippen molar-refractivity contribution in [1.29, 1.82) is 0 Å². The van der Waals surface area contributed by atoms with E-state index < -0.39 is 12.3 Å². The van der Waals surface area contributed by atoms with Crippen LogP contribution in [0.2, 0.25) is 0 Å². The number of hydrogen-bond acceptors (Lipinski definition) is 5. The van der Waals surface area contributed by atoms with Crippen molar-refractivity contribution in [3.8, 4) is 17.0 Å². The van der Waals surface area contributed by atoms with Crippen molar-refractivity contribution in [3.05, 3.63) is 65.7 Å². The third kappa shape index (κ3) is 3.96. The van der Waals surface area contributed by atoms with Gasteiger partial charge in [0.2, 0.25) is 0 Å². The van der Waals surface area contributed by atoms with Crippen LogP contribution in [0.1, 0.15) is 35.1 Å². The Bertz CT molecular complexity index is 1230. The fraction of sp³-hybridized carbons (Fsp3) is 0.238. The molecule has 1 amide bonds. The third-order valence-electron chi connectivity index (χ3n) is 4.80. The quantitative estimate of drug-likeness (QED) is 0.489. The molecule has 0 aliphatic rings. The van der Waals surface area contributed by atoms with Gasteiger partial charge in [0.1, 0.15) is 17.0 Å². The lowest BCUT2D eigenvalue weighted by Crippen LogP contribution is -2.23. The van der Waals surface area contributed by atoms with Crippen LogP contribution in [0.15, 0.2) is 48.8 Å². The number of hydrogen-bond donors (Lipinski definition) is 1. The average Bonchev–Trinajstić information content (AvgIpc) is 3.43. The summed E-state index contributed by atoms with van der Waals surface area (Å²) in [6.07, 6.45) is 0.236. The number of nitrogens with one attached hydrogen (secondary N) is 1. The number of carbonyl (C=O) groups is 1.